The molecule has 2 aliphatic rings. The quantitative estimate of drug-likeness (QED) is 0.303. The van der Waals surface area contributed by atoms with Crippen molar-refractivity contribution in [2.75, 3.05) is 24.5 Å². The van der Waals surface area contributed by atoms with Crippen LogP contribution in [0.3, 0.4) is 0 Å². The van der Waals surface area contributed by atoms with E-state index in [2.05, 4.69) is 23.4 Å². The van der Waals surface area contributed by atoms with Crippen LogP contribution in [-0.2, 0) is 11.2 Å². The van der Waals surface area contributed by atoms with E-state index in [-0.39, 0.29) is 23.8 Å². The van der Waals surface area contributed by atoms with E-state index in [0.29, 0.717) is 54.2 Å². The average molecular weight is 581 g/mol. The second-order valence-electron chi connectivity index (χ2n) is 11.0. The third-order valence-corrected chi connectivity index (χ3v) is 9.49. The molecule has 0 spiro atoms. The van der Waals surface area contributed by atoms with Crippen LogP contribution >= 0.6 is 11.3 Å². The molecule has 42 heavy (non-hydrogen) atoms. The van der Waals surface area contributed by atoms with Crippen LogP contribution < -0.4 is 10.6 Å². The largest absolute Gasteiger partial charge is 0.371 e. The first kappa shape index (κ1) is 26.3. The molecule has 0 radical (unpaired) electrons. The first-order chi connectivity index (χ1) is 20.4. The highest BCUT2D eigenvalue weighted by Gasteiger charge is 2.30. The topological polar surface area (TPSA) is 96.8 Å². The zero-order valence-electron chi connectivity index (χ0n) is 23.0. The Morgan fingerprint density at radius 1 is 1.10 bits per heavy atom. The van der Waals surface area contributed by atoms with Crippen molar-refractivity contribution in [2.24, 2.45) is 11.7 Å². The smallest absolute Gasteiger partial charge is 0.255 e. The van der Waals surface area contributed by atoms with E-state index in [4.69, 9.17) is 10.7 Å². The number of nitrogens with two attached hydrogens (primary N) is 1. The molecule has 0 saturated carbocycles. The number of halogens is 1. The van der Waals surface area contributed by atoms with Crippen LogP contribution in [0.15, 0.2) is 72.6 Å². The Kier molecular flexibility index (Phi) is 6.50. The van der Waals surface area contributed by atoms with Gasteiger partial charge in [0.2, 0.25) is 5.91 Å². The Bertz CT molecular complexity index is 1830. The monoisotopic (exact) mass is 580 g/mol. The van der Waals surface area contributed by atoms with Crippen molar-refractivity contribution >= 4 is 34.5 Å². The summed E-state index contributed by atoms with van der Waals surface area (Å²) in [5.41, 5.74) is 10.9. The summed E-state index contributed by atoms with van der Waals surface area (Å²) in [6.07, 6.45) is 8.48. The van der Waals surface area contributed by atoms with Crippen LogP contribution in [0.4, 0.5) is 10.1 Å². The molecule has 0 aliphatic carbocycles. The molecule has 0 bridgehead atoms. The van der Waals surface area contributed by atoms with Crippen molar-refractivity contribution in [3.63, 3.8) is 0 Å². The number of imidazole rings is 1. The van der Waals surface area contributed by atoms with Gasteiger partial charge in [-0.1, -0.05) is 6.07 Å². The predicted molar refractivity (Wildman–Crippen MR) is 161 cm³/mol. The van der Waals surface area contributed by atoms with Crippen LogP contribution in [0, 0.1) is 11.7 Å². The Morgan fingerprint density at radius 3 is 2.74 bits per heavy atom. The molecule has 2 atom stereocenters. The van der Waals surface area contributed by atoms with Gasteiger partial charge in [0.05, 0.1) is 23.2 Å². The number of carbonyl (C=O) groups is 2. The maximum Gasteiger partial charge on any atom is 0.255 e. The van der Waals surface area contributed by atoms with Crippen molar-refractivity contribution < 1.29 is 14.0 Å². The number of pyridine rings is 2. The van der Waals surface area contributed by atoms with Gasteiger partial charge in [-0.2, -0.15) is 0 Å². The summed E-state index contributed by atoms with van der Waals surface area (Å²) in [4.78, 5) is 39.8. The summed E-state index contributed by atoms with van der Waals surface area (Å²) < 4.78 is 17.4. The Balaban J connectivity index is 1.27. The number of thiophene rings is 1. The van der Waals surface area contributed by atoms with Gasteiger partial charge in [0.25, 0.3) is 5.91 Å². The third-order valence-electron chi connectivity index (χ3n) is 8.49. The van der Waals surface area contributed by atoms with Crippen LogP contribution in [0.5, 0.6) is 0 Å². The highest BCUT2D eigenvalue weighted by atomic mass is 32.1. The van der Waals surface area contributed by atoms with Crippen LogP contribution in [0.1, 0.15) is 40.2 Å². The van der Waals surface area contributed by atoms with Gasteiger partial charge in [-0.05, 0) is 67.1 Å². The Labute approximate surface area is 246 Å². The molecule has 6 heterocycles. The summed E-state index contributed by atoms with van der Waals surface area (Å²) in [6, 6.07) is 12.8. The number of amides is 2. The number of fused-ring (bicyclic) bond motifs is 2. The van der Waals surface area contributed by atoms with Gasteiger partial charge in [-0.15, -0.1) is 11.3 Å². The molecule has 2 amide bonds. The lowest BCUT2D eigenvalue weighted by Gasteiger charge is -2.33. The molecule has 10 heteroatoms. The minimum absolute atomic E-state index is 0.0233. The van der Waals surface area contributed by atoms with Crippen molar-refractivity contribution in [2.45, 2.75) is 25.8 Å². The summed E-state index contributed by atoms with van der Waals surface area (Å²) in [5, 5.41) is 2.09. The Morgan fingerprint density at radius 2 is 1.98 bits per heavy atom. The molecule has 4 aromatic heterocycles. The number of carbonyl (C=O) groups excluding carboxylic acids is 2. The number of rotatable bonds is 5. The van der Waals surface area contributed by atoms with E-state index in [1.807, 2.05) is 34.1 Å². The molecule has 0 unspecified atom stereocenters. The van der Waals surface area contributed by atoms with E-state index < -0.39 is 5.82 Å². The average Bonchev–Trinajstić information content (AvgIpc) is 3.77. The molecule has 5 aromatic rings. The van der Waals surface area contributed by atoms with Crippen molar-refractivity contribution in [1.29, 1.82) is 0 Å². The number of benzene rings is 1. The number of aromatic nitrogens is 3. The van der Waals surface area contributed by atoms with E-state index in [1.54, 1.807) is 46.6 Å². The van der Waals surface area contributed by atoms with Gasteiger partial charge < -0.3 is 19.9 Å². The number of nitrogens with zero attached hydrogens (tertiary/aromatic N) is 5. The van der Waals surface area contributed by atoms with Gasteiger partial charge >= 0.3 is 0 Å². The standard InChI is InChI=1S/C32H29FN6O2S/c1-19-24-8-12-42-29(24)7-11-39(19)32(41)22-13-26(20-3-2-9-35-15-20)31-36-28(18-38(31)17-22)25-5-4-23(14-27(25)33)37-10-6-21(16-37)30(34)40/h2-5,8-9,12-15,17-19,21H,6-7,10-11,16H2,1H3,(H2,34,40)/t19-,21+/m1/s1. The molecule has 1 fully saturated rings. The lowest BCUT2D eigenvalue weighted by Crippen LogP contribution is -2.38. The molecule has 1 aromatic carbocycles. The van der Waals surface area contributed by atoms with E-state index in [1.165, 1.54) is 16.5 Å². The first-order valence-electron chi connectivity index (χ1n) is 14.0. The van der Waals surface area contributed by atoms with Crippen molar-refractivity contribution in [3.8, 4) is 22.4 Å². The summed E-state index contributed by atoms with van der Waals surface area (Å²) in [5.74, 6) is -1.02. The molecule has 212 valence electrons. The predicted octanol–water partition coefficient (Wildman–Crippen LogP) is 5.34. The van der Waals surface area contributed by atoms with Crippen LogP contribution in [0.2, 0.25) is 0 Å². The molecule has 1 saturated heterocycles. The van der Waals surface area contributed by atoms with Gasteiger partial charge in [0.1, 0.15) is 11.5 Å². The minimum atomic E-state index is -0.411. The number of primary amides is 1. The zero-order chi connectivity index (χ0) is 29.0. The normalized spacial score (nSPS) is 18.4. The maximum absolute atomic E-state index is 15.5. The molecule has 2 aliphatic heterocycles. The second kappa shape index (κ2) is 10.4. The van der Waals surface area contributed by atoms with Crippen molar-refractivity contribution in [3.05, 3.63) is 94.5 Å². The molecule has 8 nitrogen and oxygen atoms in total. The molecule has 2 N–H and O–H groups in total. The lowest BCUT2D eigenvalue weighted by atomic mass is 10.00. The zero-order valence-corrected chi connectivity index (χ0v) is 23.9. The second-order valence-corrected chi connectivity index (χ2v) is 12.0. The number of anilines is 1. The molecular formula is C32H29FN6O2S. The Hall–Kier alpha value is -4.57. The SMILES string of the molecule is C[C@@H]1c2ccsc2CCN1C(=O)c1cc(-c2cccnc2)c2nc(-c3ccc(N4CC[C@H](C(N)=O)C4)cc3F)cn2c1. The fraction of sp³-hybridized carbons (Fsp3) is 0.250. The minimum Gasteiger partial charge on any atom is -0.371 e. The van der Waals surface area contributed by atoms with E-state index >= 15 is 4.39 Å². The summed E-state index contributed by atoms with van der Waals surface area (Å²) in [6.45, 7) is 3.85. The molecule has 7 rings (SSSR count). The molecular weight excluding hydrogens is 551 g/mol. The lowest BCUT2D eigenvalue weighted by molar-refractivity contribution is -0.121. The fourth-order valence-corrected chi connectivity index (χ4v) is 7.13. The highest BCUT2D eigenvalue weighted by Crippen LogP contribution is 2.36. The van der Waals surface area contributed by atoms with Gasteiger partial charge in [0, 0.05) is 71.7 Å². The summed E-state index contributed by atoms with van der Waals surface area (Å²) in [7, 11) is 0. The fourth-order valence-electron chi connectivity index (χ4n) is 6.17. The first-order valence-corrected chi connectivity index (χ1v) is 14.9. The van der Waals surface area contributed by atoms with Gasteiger partial charge in [-0.3, -0.25) is 14.6 Å². The van der Waals surface area contributed by atoms with Crippen molar-refractivity contribution in [1.82, 2.24) is 19.3 Å². The van der Waals surface area contributed by atoms with E-state index in [0.717, 1.165) is 17.5 Å². The van der Waals surface area contributed by atoms with Crippen LogP contribution in [-0.4, -0.2) is 50.7 Å². The highest BCUT2D eigenvalue weighted by molar-refractivity contribution is 7.10. The van der Waals surface area contributed by atoms with Gasteiger partial charge in [-0.25, -0.2) is 9.37 Å². The third kappa shape index (κ3) is 4.52. The van der Waals surface area contributed by atoms with E-state index in [9.17, 15) is 9.59 Å². The number of hydrogen-bond acceptors (Lipinski definition) is 6. The number of hydrogen-bond donors (Lipinski definition) is 1. The maximum atomic E-state index is 15.5. The van der Waals surface area contributed by atoms with Gasteiger partial charge in [0.15, 0.2) is 0 Å². The van der Waals surface area contributed by atoms with Crippen LogP contribution in [0.25, 0.3) is 28.0 Å². The summed E-state index contributed by atoms with van der Waals surface area (Å²) >= 11 is 1.74.